The number of amides is 1. The molecule has 0 saturated carbocycles. The van der Waals surface area contributed by atoms with E-state index >= 15 is 0 Å². The maximum Gasteiger partial charge on any atom is 0.472 e. The topological polar surface area (TPSA) is 105 Å². The van der Waals surface area contributed by atoms with Gasteiger partial charge in [-0.2, -0.15) is 0 Å². The average molecular weight is 1110 g/mol. The molecule has 0 bridgehead atoms. The van der Waals surface area contributed by atoms with E-state index in [1.807, 2.05) is 27.2 Å². The Morgan fingerprint density at radius 1 is 0.449 bits per heavy atom. The van der Waals surface area contributed by atoms with Crippen molar-refractivity contribution in [1.82, 2.24) is 5.32 Å². The first-order valence-corrected chi connectivity index (χ1v) is 34.1. The average Bonchev–Trinajstić information content (AvgIpc) is 3.41. The van der Waals surface area contributed by atoms with Crippen molar-refractivity contribution in [3.05, 3.63) is 97.2 Å². The van der Waals surface area contributed by atoms with Crippen molar-refractivity contribution in [1.29, 1.82) is 0 Å². The van der Waals surface area contributed by atoms with Crippen LogP contribution in [0.3, 0.4) is 0 Å². The maximum atomic E-state index is 13.0. The minimum atomic E-state index is -4.36. The van der Waals surface area contributed by atoms with E-state index in [1.165, 1.54) is 186 Å². The summed E-state index contributed by atoms with van der Waals surface area (Å²) in [5, 5.41) is 13.9. The summed E-state index contributed by atoms with van der Waals surface area (Å²) in [4.78, 5) is 23.3. The van der Waals surface area contributed by atoms with Crippen LogP contribution in [0.4, 0.5) is 0 Å². The Morgan fingerprint density at radius 2 is 0.782 bits per heavy atom. The highest BCUT2D eigenvalue weighted by Crippen LogP contribution is 2.43. The van der Waals surface area contributed by atoms with Gasteiger partial charge in [0.2, 0.25) is 5.91 Å². The molecule has 0 rings (SSSR count). The highest BCUT2D eigenvalue weighted by Gasteiger charge is 2.27. The summed E-state index contributed by atoms with van der Waals surface area (Å²) in [7, 11) is 1.55. The van der Waals surface area contributed by atoms with E-state index in [4.69, 9.17) is 9.05 Å². The number of nitrogens with one attached hydrogen (secondary N) is 1. The number of rotatable bonds is 59. The van der Waals surface area contributed by atoms with Gasteiger partial charge in [-0.15, -0.1) is 0 Å². The molecule has 452 valence electrons. The third-order valence-corrected chi connectivity index (χ3v) is 15.2. The Labute approximate surface area is 483 Å². The molecule has 3 atom stereocenters. The second-order valence-corrected chi connectivity index (χ2v) is 24.5. The van der Waals surface area contributed by atoms with Gasteiger partial charge in [0.25, 0.3) is 0 Å². The molecular formula is C69H126N2O6P+. The molecule has 8 nitrogen and oxygen atoms in total. The number of quaternary nitrogens is 1. The van der Waals surface area contributed by atoms with Crippen molar-refractivity contribution in [3.63, 3.8) is 0 Å². The number of aliphatic hydroxyl groups is 1. The lowest BCUT2D eigenvalue weighted by atomic mass is 10.0. The Hall–Kier alpha value is -2.58. The molecule has 0 aliphatic carbocycles. The van der Waals surface area contributed by atoms with Gasteiger partial charge in [0.15, 0.2) is 0 Å². The van der Waals surface area contributed by atoms with Crippen LogP contribution >= 0.6 is 7.82 Å². The molecule has 0 fully saturated rings. The number of nitrogens with zero attached hydrogens (tertiary/aromatic N) is 1. The van der Waals surface area contributed by atoms with Crippen LogP contribution in [-0.2, 0) is 18.4 Å². The summed E-state index contributed by atoms with van der Waals surface area (Å²) in [6, 6.07) is -0.872. The van der Waals surface area contributed by atoms with Crippen molar-refractivity contribution < 1.29 is 32.9 Å². The molecular weight excluding hydrogens is 984 g/mol. The largest absolute Gasteiger partial charge is 0.472 e. The summed E-state index contributed by atoms with van der Waals surface area (Å²) in [6.45, 7) is 4.67. The van der Waals surface area contributed by atoms with Crippen LogP contribution in [0.5, 0.6) is 0 Å². The monoisotopic (exact) mass is 1110 g/mol. The maximum absolute atomic E-state index is 13.0. The summed E-state index contributed by atoms with van der Waals surface area (Å²) >= 11 is 0. The van der Waals surface area contributed by atoms with Crippen molar-refractivity contribution in [2.75, 3.05) is 40.9 Å². The predicted octanol–water partition coefficient (Wildman–Crippen LogP) is 20.5. The molecule has 78 heavy (non-hydrogen) atoms. The summed E-state index contributed by atoms with van der Waals surface area (Å²) in [6.07, 6.45) is 85.6. The molecule has 0 spiro atoms. The summed E-state index contributed by atoms with van der Waals surface area (Å²) < 4.78 is 23.7. The predicted molar refractivity (Wildman–Crippen MR) is 341 cm³/mol. The van der Waals surface area contributed by atoms with E-state index in [9.17, 15) is 19.4 Å². The van der Waals surface area contributed by atoms with E-state index in [0.717, 1.165) is 77.0 Å². The lowest BCUT2D eigenvalue weighted by Gasteiger charge is -2.25. The molecule has 3 unspecified atom stereocenters. The Balaban J connectivity index is 3.93. The first kappa shape index (κ1) is 75.4. The van der Waals surface area contributed by atoms with E-state index in [1.54, 1.807) is 6.08 Å². The minimum absolute atomic E-state index is 0.0522. The van der Waals surface area contributed by atoms with Crippen LogP contribution < -0.4 is 5.32 Å². The van der Waals surface area contributed by atoms with Crippen LogP contribution in [0.1, 0.15) is 284 Å². The standard InChI is InChI=1S/C69H125N2O6P/c1-6-8-10-12-14-16-18-20-22-23-24-25-26-27-28-29-30-31-32-33-34-35-36-37-38-39-40-41-42-43-44-45-46-47-49-51-53-55-57-59-61-63-69(73)70-67(66-77-78(74,75)76-65-64-71(3,4)5)68(72)62-60-58-56-54-52-50-48-21-19-17-15-13-11-9-7-2/h8,10,14,16,19-22,24-25,27-28,52,54,60,62,67-68,72H,6-7,9,11-13,15,17-18,23,26,29-51,53,55-59,61,63-66H2,1-5H3,(H-,70,73,74,75)/p+1/b10-8-,16-14-,21-19+,22-20-,25-24-,28-27-,54-52+,62-60+. The smallest absolute Gasteiger partial charge is 0.387 e. The van der Waals surface area contributed by atoms with Crippen LogP contribution in [0.2, 0.25) is 0 Å². The van der Waals surface area contributed by atoms with Gasteiger partial charge in [-0.25, -0.2) is 4.57 Å². The van der Waals surface area contributed by atoms with Crippen molar-refractivity contribution in [3.8, 4) is 0 Å². The number of hydrogen-bond donors (Lipinski definition) is 3. The number of carbonyl (C=O) groups excluding carboxylic acids is 1. The number of phosphoric acid groups is 1. The zero-order valence-electron chi connectivity index (χ0n) is 51.6. The second-order valence-electron chi connectivity index (χ2n) is 23.1. The Morgan fingerprint density at radius 3 is 1.18 bits per heavy atom. The van der Waals surface area contributed by atoms with E-state index in [2.05, 4.69) is 104 Å². The van der Waals surface area contributed by atoms with Gasteiger partial charge in [-0.3, -0.25) is 13.8 Å². The number of likely N-dealkylation sites (N-methyl/N-ethyl adjacent to an activating group) is 1. The fourth-order valence-electron chi connectivity index (χ4n) is 9.22. The molecule has 0 aromatic rings. The van der Waals surface area contributed by atoms with Crippen molar-refractivity contribution in [2.24, 2.45) is 0 Å². The van der Waals surface area contributed by atoms with E-state index in [0.29, 0.717) is 17.4 Å². The lowest BCUT2D eigenvalue weighted by molar-refractivity contribution is -0.870. The highest BCUT2D eigenvalue weighted by atomic mass is 31.2. The van der Waals surface area contributed by atoms with E-state index in [-0.39, 0.29) is 19.1 Å². The number of hydrogen-bond acceptors (Lipinski definition) is 5. The molecule has 3 N–H and O–H groups in total. The molecule has 0 heterocycles. The van der Waals surface area contributed by atoms with Gasteiger partial charge >= 0.3 is 7.82 Å². The minimum Gasteiger partial charge on any atom is -0.387 e. The highest BCUT2D eigenvalue weighted by molar-refractivity contribution is 7.47. The zero-order valence-corrected chi connectivity index (χ0v) is 52.5. The first-order chi connectivity index (χ1) is 38.0. The van der Waals surface area contributed by atoms with Crippen LogP contribution in [0, 0.1) is 0 Å². The van der Waals surface area contributed by atoms with Crippen LogP contribution in [-0.4, -0.2) is 73.4 Å². The van der Waals surface area contributed by atoms with E-state index < -0.39 is 20.0 Å². The van der Waals surface area contributed by atoms with Gasteiger partial charge in [0, 0.05) is 6.42 Å². The molecule has 0 aromatic heterocycles. The molecule has 0 aliphatic rings. The Bertz CT molecular complexity index is 1590. The van der Waals surface area contributed by atoms with Gasteiger partial charge in [-0.1, -0.05) is 284 Å². The number of unbranched alkanes of at least 4 members (excludes halogenated alkanes) is 32. The lowest BCUT2D eigenvalue weighted by Crippen LogP contribution is -2.45. The summed E-state index contributed by atoms with van der Waals surface area (Å²) in [5.74, 6) is -0.189. The van der Waals surface area contributed by atoms with Crippen LogP contribution in [0.15, 0.2) is 97.2 Å². The quantitative estimate of drug-likeness (QED) is 0.0243. The molecule has 0 aliphatic heterocycles. The van der Waals surface area contributed by atoms with Gasteiger partial charge in [0.05, 0.1) is 39.9 Å². The number of aliphatic hydroxyl groups excluding tert-OH is 1. The molecule has 0 saturated heterocycles. The third-order valence-electron chi connectivity index (χ3n) is 14.3. The fourth-order valence-corrected chi connectivity index (χ4v) is 9.96. The summed E-state index contributed by atoms with van der Waals surface area (Å²) in [5.41, 5.74) is 0. The zero-order chi connectivity index (χ0) is 57.0. The van der Waals surface area contributed by atoms with Crippen molar-refractivity contribution >= 4 is 13.7 Å². The molecule has 0 aromatic carbocycles. The molecule has 1 amide bonds. The molecule has 9 heteroatoms. The Kier molecular flexibility index (Phi) is 57.1. The third kappa shape index (κ3) is 61.0. The SMILES string of the molecule is CC/C=C\C/C=C\C/C=C\C/C=C\C/C=C\CCCCCCCCCCCCCCCCCCCCCCCCCCCC(=O)NC(COP(=O)(O)OCC[N+](C)(C)C)C(O)/C=C/CC/C=C/CC/C=C/CCCCCCC. The molecule has 0 radical (unpaired) electrons. The number of carbonyl (C=O) groups is 1. The normalized spacial score (nSPS) is 14.4. The van der Waals surface area contributed by atoms with Gasteiger partial charge in [0.1, 0.15) is 13.2 Å². The number of allylic oxidation sites excluding steroid dienone is 15. The fraction of sp³-hybridized carbons (Fsp3) is 0.754. The van der Waals surface area contributed by atoms with Crippen LogP contribution in [0.25, 0.3) is 0 Å². The van der Waals surface area contributed by atoms with Gasteiger partial charge < -0.3 is 19.8 Å². The van der Waals surface area contributed by atoms with Gasteiger partial charge in [-0.05, 0) is 89.9 Å². The van der Waals surface area contributed by atoms with Crippen molar-refractivity contribution in [2.45, 2.75) is 296 Å². The second kappa shape index (κ2) is 59.1. The number of phosphoric ester groups is 1. The first-order valence-electron chi connectivity index (χ1n) is 32.6.